The molecule has 8 heteroatoms. The van der Waals surface area contributed by atoms with Gasteiger partial charge >= 0.3 is 0 Å². The first-order chi connectivity index (χ1) is 12.7. The molecule has 150 valence electrons. The summed E-state index contributed by atoms with van der Waals surface area (Å²) in [5, 5.41) is 6.28. The van der Waals surface area contributed by atoms with Crippen LogP contribution in [-0.4, -0.2) is 41.3 Å². The highest BCUT2D eigenvalue weighted by Crippen LogP contribution is 2.25. The Morgan fingerprint density at radius 1 is 1.25 bits per heavy atom. The fourth-order valence-electron chi connectivity index (χ4n) is 3.33. The molecule has 2 aromatic carbocycles. The van der Waals surface area contributed by atoms with E-state index in [9.17, 15) is 4.79 Å². The molecule has 3 aromatic rings. The van der Waals surface area contributed by atoms with Gasteiger partial charge in [-0.05, 0) is 24.3 Å². The lowest BCUT2D eigenvalue weighted by Gasteiger charge is -2.23. The minimum atomic E-state index is -0.0184. The highest BCUT2D eigenvalue weighted by molar-refractivity contribution is 5.92. The molecule has 0 radical (unpaired) electrons. The SMILES string of the molecule is Cl.Cl.Cn1c(-c2cccc(NC(=O)CC3COCCN3)c2)nc2ccccc21. The third kappa shape index (κ3) is 4.83. The van der Waals surface area contributed by atoms with E-state index < -0.39 is 0 Å². The summed E-state index contributed by atoms with van der Waals surface area (Å²) in [6.07, 6.45) is 0.399. The predicted octanol–water partition coefficient (Wildman–Crippen LogP) is 3.40. The Morgan fingerprint density at radius 3 is 2.82 bits per heavy atom. The number of amides is 1. The predicted molar refractivity (Wildman–Crippen MR) is 117 cm³/mol. The molecule has 0 saturated carbocycles. The van der Waals surface area contributed by atoms with Gasteiger partial charge in [0.15, 0.2) is 0 Å². The number of fused-ring (bicyclic) bond motifs is 1. The van der Waals surface area contributed by atoms with Crippen molar-refractivity contribution in [2.75, 3.05) is 25.1 Å². The quantitative estimate of drug-likeness (QED) is 0.675. The summed E-state index contributed by atoms with van der Waals surface area (Å²) in [5.41, 5.74) is 3.79. The van der Waals surface area contributed by atoms with Gasteiger partial charge in [-0.1, -0.05) is 24.3 Å². The van der Waals surface area contributed by atoms with Gasteiger partial charge in [0.05, 0.1) is 24.2 Å². The van der Waals surface area contributed by atoms with Crippen molar-refractivity contribution >= 4 is 47.4 Å². The zero-order valence-corrected chi connectivity index (χ0v) is 17.2. The number of halogens is 2. The number of aryl methyl sites for hydroxylation is 1. The number of hydrogen-bond donors (Lipinski definition) is 2. The van der Waals surface area contributed by atoms with E-state index in [4.69, 9.17) is 9.72 Å². The van der Waals surface area contributed by atoms with E-state index in [-0.39, 0.29) is 36.8 Å². The van der Waals surface area contributed by atoms with Crippen molar-refractivity contribution in [1.82, 2.24) is 14.9 Å². The summed E-state index contributed by atoms with van der Waals surface area (Å²) in [7, 11) is 2.00. The number of benzene rings is 2. The molecule has 0 bridgehead atoms. The number of carbonyl (C=O) groups is 1. The van der Waals surface area contributed by atoms with Crippen LogP contribution in [0.5, 0.6) is 0 Å². The van der Waals surface area contributed by atoms with Crippen LogP contribution in [-0.2, 0) is 16.6 Å². The van der Waals surface area contributed by atoms with Crippen molar-refractivity contribution in [2.45, 2.75) is 12.5 Å². The first-order valence-corrected chi connectivity index (χ1v) is 8.83. The van der Waals surface area contributed by atoms with Gasteiger partial charge in [-0.2, -0.15) is 0 Å². The van der Waals surface area contributed by atoms with Gasteiger partial charge in [0, 0.05) is 37.3 Å². The van der Waals surface area contributed by atoms with Gasteiger partial charge in [0.1, 0.15) is 5.82 Å². The highest BCUT2D eigenvalue weighted by Gasteiger charge is 2.17. The number of imidazole rings is 1. The molecule has 1 aromatic heterocycles. The fourth-order valence-corrected chi connectivity index (χ4v) is 3.33. The Hall–Kier alpha value is -2.12. The van der Waals surface area contributed by atoms with Gasteiger partial charge in [-0.15, -0.1) is 24.8 Å². The lowest BCUT2D eigenvalue weighted by Crippen LogP contribution is -2.43. The summed E-state index contributed by atoms with van der Waals surface area (Å²) in [6, 6.07) is 15.9. The van der Waals surface area contributed by atoms with E-state index in [1.165, 1.54) is 0 Å². The molecule has 6 nitrogen and oxygen atoms in total. The zero-order valence-electron chi connectivity index (χ0n) is 15.6. The molecule has 2 heterocycles. The number of nitrogens with one attached hydrogen (secondary N) is 2. The number of nitrogens with zero attached hydrogens (tertiary/aromatic N) is 2. The summed E-state index contributed by atoms with van der Waals surface area (Å²) in [4.78, 5) is 17.0. The van der Waals surface area contributed by atoms with Gasteiger partial charge < -0.3 is 19.9 Å². The van der Waals surface area contributed by atoms with Crippen LogP contribution in [0.3, 0.4) is 0 Å². The zero-order chi connectivity index (χ0) is 17.9. The van der Waals surface area contributed by atoms with E-state index in [0.717, 1.165) is 34.7 Å². The third-order valence-corrected chi connectivity index (χ3v) is 4.62. The normalized spacial score (nSPS) is 16.1. The number of ether oxygens (including phenoxy) is 1. The van der Waals surface area contributed by atoms with Crippen LogP contribution in [0.2, 0.25) is 0 Å². The average molecular weight is 423 g/mol. The minimum absolute atomic E-state index is 0. The molecule has 2 N–H and O–H groups in total. The Kier molecular flexibility index (Phi) is 7.83. The van der Waals surface area contributed by atoms with E-state index >= 15 is 0 Å². The first-order valence-electron chi connectivity index (χ1n) is 8.83. The number of anilines is 1. The van der Waals surface area contributed by atoms with Crippen LogP contribution in [0.25, 0.3) is 22.4 Å². The maximum Gasteiger partial charge on any atom is 0.226 e. The average Bonchev–Trinajstić information content (AvgIpc) is 3.00. The Morgan fingerprint density at radius 2 is 2.07 bits per heavy atom. The molecule has 1 aliphatic rings. The lowest BCUT2D eigenvalue weighted by molar-refractivity contribution is -0.117. The van der Waals surface area contributed by atoms with Crippen LogP contribution < -0.4 is 10.6 Å². The Balaban J connectivity index is 0.00000140. The first kappa shape index (κ1) is 22.2. The molecular weight excluding hydrogens is 399 g/mol. The number of hydrogen-bond acceptors (Lipinski definition) is 4. The van der Waals surface area contributed by atoms with Crippen molar-refractivity contribution in [1.29, 1.82) is 0 Å². The second-order valence-electron chi connectivity index (χ2n) is 6.54. The molecule has 1 atom stereocenters. The van der Waals surface area contributed by atoms with Gasteiger partial charge in [-0.25, -0.2) is 4.98 Å². The summed E-state index contributed by atoms with van der Waals surface area (Å²) >= 11 is 0. The molecule has 1 amide bonds. The second-order valence-corrected chi connectivity index (χ2v) is 6.54. The van der Waals surface area contributed by atoms with E-state index in [0.29, 0.717) is 19.6 Å². The smallest absolute Gasteiger partial charge is 0.226 e. The van der Waals surface area contributed by atoms with Crippen molar-refractivity contribution in [3.8, 4) is 11.4 Å². The van der Waals surface area contributed by atoms with Crippen molar-refractivity contribution < 1.29 is 9.53 Å². The molecule has 4 rings (SSSR count). The maximum absolute atomic E-state index is 12.3. The number of para-hydroxylation sites is 2. The standard InChI is InChI=1S/C20H22N4O2.2ClH/c1-24-18-8-3-2-7-17(18)23-20(24)14-5-4-6-15(11-14)22-19(25)12-16-13-26-10-9-21-16;;/h2-8,11,16,21H,9-10,12-13H2,1H3,(H,22,25);2*1H. The van der Waals surface area contributed by atoms with E-state index in [1.54, 1.807) is 0 Å². The summed E-state index contributed by atoms with van der Waals surface area (Å²) < 4.78 is 7.47. The lowest BCUT2D eigenvalue weighted by atomic mass is 10.1. The van der Waals surface area contributed by atoms with E-state index in [2.05, 4.69) is 21.3 Å². The summed E-state index contributed by atoms with van der Waals surface area (Å²) in [6.45, 7) is 2.08. The molecule has 1 saturated heterocycles. The number of rotatable bonds is 4. The Bertz CT molecular complexity index is 939. The largest absolute Gasteiger partial charge is 0.378 e. The topological polar surface area (TPSA) is 68.2 Å². The van der Waals surface area contributed by atoms with Crippen LogP contribution in [0.4, 0.5) is 5.69 Å². The van der Waals surface area contributed by atoms with Crippen LogP contribution in [0, 0.1) is 0 Å². The number of morpholine rings is 1. The monoisotopic (exact) mass is 422 g/mol. The van der Waals surface area contributed by atoms with Gasteiger partial charge in [0.2, 0.25) is 5.91 Å². The molecule has 0 spiro atoms. The molecule has 1 unspecified atom stereocenters. The van der Waals surface area contributed by atoms with Crippen LogP contribution in [0.15, 0.2) is 48.5 Å². The van der Waals surface area contributed by atoms with Crippen molar-refractivity contribution in [3.63, 3.8) is 0 Å². The van der Waals surface area contributed by atoms with E-state index in [1.807, 2.05) is 49.5 Å². The molecule has 1 aliphatic heterocycles. The van der Waals surface area contributed by atoms with Crippen LogP contribution in [0.1, 0.15) is 6.42 Å². The summed E-state index contributed by atoms with van der Waals surface area (Å²) in [5.74, 6) is 0.861. The van der Waals surface area contributed by atoms with Gasteiger partial charge in [-0.3, -0.25) is 4.79 Å². The molecule has 28 heavy (non-hydrogen) atoms. The highest BCUT2D eigenvalue weighted by atomic mass is 35.5. The molecular formula is C20H24Cl2N4O2. The van der Waals surface area contributed by atoms with Gasteiger partial charge in [0.25, 0.3) is 0 Å². The fraction of sp³-hybridized carbons (Fsp3) is 0.300. The third-order valence-electron chi connectivity index (χ3n) is 4.62. The minimum Gasteiger partial charge on any atom is -0.378 e. The van der Waals surface area contributed by atoms with Crippen LogP contribution >= 0.6 is 24.8 Å². The number of aromatic nitrogens is 2. The maximum atomic E-state index is 12.3. The second kappa shape index (κ2) is 9.89. The molecule has 0 aliphatic carbocycles. The Labute approximate surface area is 176 Å². The van der Waals surface area contributed by atoms with Crippen molar-refractivity contribution in [3.05, 3.63) is 48.5 Å². The number of carbonyl (C=O) groups excluding carboxylic acids is 1. The van der Waals surface area contributed by atoms with Crippen molar-refractivity contribution in [2.24, 2.45) is 7.05 Å². The molecule has 1 fully saturated rings.